The molecule has 5 heteroatoms. The first kappa shape index (κ1) is 15.7. The summed E-state index contributed by atoms with van der Waals surface area (Å²) in [7, 11) is 1.79. The highest BCUT2D eigenvalue weighted by molar-refractivity contribution is 7.15. The Hall–Kier alpha value is -0.650. The zero-order valence-corrected chi connectivity index (χ0v) is 13.7. The van der Waals surface area contributed by atoms with Crippen LogP contribution in [0.1, 0.15) is 49.6 Å². The van der Waals surface area contributed by atoms with Gasteiger partial charge >= 0.3 is 0 Å². The zero-order chi connectivity index (χ0) is 14.5. The summed E-state index contributed by atoms with van der Waals surface area (Å²) in [6.07, 6.45) is 3.60. The van der Waals surface area contributed by atoms with Gasteiger partial charge in [-0.25, -0.2) is 4.98 Å². The lowest BCUT2D eigenvalue weighted by Crippen LogP contribution is -2.37. The molecular formula is C15H27N3OS. The Balaban J connectivity index is 2.13. The van der Waals surface area contributed by atoms with Crippen LogP contribution in [-0.4, -0.2) is 31.8 Å². The number of thiazole rings is 1. The van der Waals surface area contributed by atoms with Crippen molar-refractivity contribution in [1.82, 2.24) is 4.98 Å². The van der Waals surface area contributed by atoms with Crippen molar-refractivity contribution in [2.24, 2.45) is 11.7 Å². The number of hydrogen-bond donors (Lipinski definition) is 1. The molecule has 1 aliphatic rings. The van der Waals surface area contributed by atoms with Crippen LogP contribution in [0.4, 0.5) is 5.13 Å². The number of aromatic nitrogens is 1. The van der Waals surface area contributed by atoms with Crippen molar-refractivity contribution in [2.45, 2.75) is 45.6 Å². The quantitative estimate of drug-likeness (QED) is 0.877. The summed E-state index contributed by atoms with van der Waals surface area (Å²) in [5.74, 6) is 1.13. The Bertz CT molecular complexity index is 419. The molecule has 2 N–H and O–H groups in total. The SMILES string of the molecule is CCC(C)c1nc(N2CCCC(COC)C2)sc1CN. The Morgan fingerprint density at radius 3 is 3.00 bits per heavy atom. The van der Waals surface area contributed by atoms with E-state index in [2.05, 4.69) is 18.7 Å². The lowest BCUT2D eigenvalue weighted by molar-refractivity contribution is 0.143. The molecule has 4 nitrogen and oxygen atoms in total. The lowest BCUT2D eigenvalue weighted by Gasteiger charge is -2.32. The summed E-state index contributed by atoms with van der Waals surface area (Å²) in [6, 6.07) is 0. The van der Waals surface area contributed by atoms with Crippen LogP contribution in [0.5, 0.6) is 0 Å². The van der Waals surface area contributed by atoms with E-state index < -0.39 is 0 Å². The minimum atomic E-state index is 0.498. The van der Waals surface area contributed by atoms with Crippen LogP contribution in [0.2, 0.25) is 0 Å². The molecule has 20 heavy (non-hydrogen) atoms. The Kier molecular flexibility index (Phi) is 5.81. The van der Waals surface area contributed by atoms with Gasteiger partial charge < -0.3 is 15.4 Å². The minimum absolute atomic E-state index is 0.498. The molecule has 2 atom stereocenters. The minimum Gasteiger partial charge on any atom is -0.384 e. The topological polar surface area (TPSA) is 51.4 Å². The predicted octanol–water partition coefficient (Wildman–Crippen LogP) is 2.98. The summed E-state index contributed by atoms with van der Waals surface area (Å²) < 4.78 is 5.31. The molecule has 1 aromatic rings. The average molecular weight is 297 g/mol. The normalized spacial score (nSPS) is 21.2. The van der Waals surface area contributed by atoms with Crippen molar-refractivity contribution in [2.75, 3.05) is 31.7 Å². The molecule has 1 aliphatic heterocycles. The van der Waals surface area contributed by atoms with E-state index >= 15 is 0 Å². The van der Waals surface area contributed by atoms with E-state index in [0.717, 1.165) is 31.2 Å². The second kappa shape index (κ2) is 7.38. The molecule has 0 spiro atoms. The molecule has 0 amide bonds. The maximum atomic E-state index is 5.89. The van der Waals surface area contributed by atoms with Crippen molar-refractivity contribution >= 4 is 16.5 Å². The van der Waals surface area contributed by atoms with Gasteiger partial charge in [-0.05, 0) is 31.1 Å². The van der Waals surface area contributed by atoms with Crippen molar-refractivity contribution in [3.8, 4) is 0 Å². The van der Waals surface area contributed by atoms with Crippen LogP contribution in [0.3, 0.4) is 0 Å². The lowest BCUT2D eigenvalue weighted by atomic mass is 9.99. The molecule has 2 heterocycles. The number of ether oxygens (including phenoxy) is 1. The van der Waals surface area contributed by atoms with Crippen molar-refractivity contribution in [3.63, 3.8) is 0 Å². The van der Waals surface area contributed by atoms with Gasteiger partial charge in [-0.3, -0.25) is 0 Å². The highest BCUT2D eigenvalue weighted by Crippen LogP contribution is 2.33. The van der Waals surface area contributed by atoms with Gasteiger partial charge in [-0.15, -0.1) is 11.3 Å². The van der Waals surface area contributed by atoms with Crippen LogP contribution >= 0.6 is 11.3 Å². The number of anilines is 1. The monoisotopic (exact) mass is 297 g/mol. The van der Waals surface area contributed by atoms with E-state index in [1.807, 2.05) is 0 Å². The number of piperidine rings is 1. The van der Waals surface area contributed by atoms with Crippen LogP contribution in [-0.2, 0) is 11.3 Å². The van der Waals surface area contributed by atoms with E-state index in [1.165, 1.54) is 23.4 Å². The van der Waals surface area contributed by atoms with Crippen LogP contribution in [0, 0.1) is 5.92 Å². The molecule has 114 valence electrons. The number of rotatable bonds is 6. The van der Waals surface area contributed by atoms with Crippen molar-refractivity contribution < 1.29 is 4.74 Å². The summed E-state index contributed by atoms with van der Waals surface area (Å²) in [5, 5.41) is 1.15. The third-order valence-electron chi connectivity index (χ3n) is 4.17. The summed E-state index contributed by atoms with van der Waals surface area (Å²) >= 11 is 1.78. The first-order valence-electron chi connectivity index (χ1n) is 7.63. The van der Waals surface area contributed by atoms with E-state index in [4.69, 9.17) is 15.5 Å². The van der Waals surface area contributed by atoms with E-state index in [-0.39, 0.29) is 0 Å². The Labute approximate surface area is 126 Å². The van der Waals surface area contributed by atoms with Gasteiger partial charge in [0.2, 0.25) is 0 Å². The number of hydrogen-bond acceptors (Lipinski definition) is 5. The third-order valence-corrected chi connectivity index (χ3v) is 5.33. The molecule has 1 saturated heterocycles. The second-order valence-corrected chi connectivity index (χ2v) is 6.79. The van der Waals surface area contributed by atoms with Crippen LogP contribution in [0.15, 0.2) is 0 Å². The van der Waals surface area contributed by atoms with Gasteiger partial charge in [-0.1, -0.05) is 13.8 Å². The van der Waals surface area contributed by atoms with Gasteiger partial charge in [-0.2, -0.15) is 0 Å². The molecule has 0 saturated carbocycles. The fraction of sp³-hybridized carbons (Fsp3) is 0.800. The summed E-state index contributed by atoms with van der Waals surface area (Å²) in [6.45, 7) is 8.07. The molecule has 2 unspecified atom stereocenters. The van der Waals surface area contributed by atoms with E-state index in [1.54, 1.807) is 18.4 Å². The van der Waals surface area contributed by atoms with Crippen molar-refractivity contribution in [1.29, 1.82) is 0 Å². The van der Waals surface area contributed by atoms with E-state index in [0.29, 0.717) is 18.4 Å². The first-order valence-corrected chi connectivity index (χ1v) is 8.44. The Morgan fingerprint density at radius 1 is 1.55 bits per heavy atom. The molecule has 0 bridgehead atoms. The third kappa shape index (κ3) is 3.51. The largest absolute Gasteiger partial charge is 0.384 e. The van der Waals surface area contributed by atoms with Crippen LogP contribution in [0.25, 0.3) is 0 Å². The molecule has 2 rings (SSSR count). The fourth-order valence-electron chi connectivity index (χ4n) is 2.82. The fourth-order valence-corrected chi connectivity index (χ4v) is 3.92. The van der Waals surface area contributed by atoms with Gasteiger partial charge in [0, 0.05) is 31.6 Å². The number of nitrogens with two attached hydrogens (primary N) is 1. The van der Waals surface area contributed by atoms with Crippen LogP contribution < -0.4 is 10.6 Å². The standard InChI is InChI=1S/C15H27N3OS/c1-4-11(2)14-13(8-16)20-15(17-14)18-7-5-6-12(9-18)10-19-3/h11-12H,4-10,16H2,1-3H3. The average Bonchev–Trinajstić information content (AvgIpc) is 2.91. The predicted molar refractivity (Wildman–Crippen MR) is 85.5 cm³/mol. The molecular weight excluding hydrogens is 270 g/mol. The van der Waals surface area contributed by atoms with Gasteiger partial charge in [0.15, 0.2) is 5.13 Å². The highest BCUT2D eigenvalue weighted by atomic mass is 32.1. The summed E-state index contributed by atoms with van der Waals surface area (Å²) in [5.41, 5.74) is 7.10. The van der Waals surface area contributed by atoms with Gasteiger partial charge in [0.05, 0.1) is 12.3 Å². The number of methoxy groups -OCH3 is 1. The van der Waals surface area contributed by atoms with Crippen molar-refractivity contribution in [3.05, 3.63) is 10.6 Å². The van der Waals surface area contributed by atoms with Gasteiger partial charge in [0.1, 0.15) is 0 Å². The summed E-state index contributed by atoms with van der Waals surface area (Å²) in [4.78, 5) is 8.57. The molecule has 1 aromatic heterocycles. The first-order chi connectivity index (χ1) is 9.69. The maximum absolute atomic E-state index is 5.89. The molecule has 0 aromatic carbocycles. The number of nitrogens with zero attached hydrogens (tertiary/aromatic N) is 2. The molecule has 0 radical (unpaired) electrons. The smallest absolute Gasteiger partial charge is 0.185 e. The zero-order valence-electron chi connectivity index (χ0n) is 12.9. The molecule has 1 fully saturated rings. The second-order valence-electron chi connectivity index (χ2n) is 5.73. The van der Waals surface area contributed by atoms with E-state index in [9.17, 15) is 0 Å². The maximum Gasteiger partial charge on any atom is 0.185 e. The van der Waals surface area contributed by atoms with Gasteiger partial charge in [0.25, 0.3) is 0 Å². The highest BCUT2D eigenvalue weighted by Gasteiger charge is 2.24. The molecule has 0 aliphatic carbocycles. The Morgan fingerprint density at radius 2 is 2.35 bits per heavy atom.